The van der Waals surface area contributed by atoms with E-state index in [1.807, 2.05) is 12.1 Å². The summed E-state index contributed by atoms with van der Waals surface area (Å²) >= 11 is 0. The van der Waals surface area contributed by atoms with Crippen molar-refractivity contribution in [1.82, 2.24) is 0 Å². The molecule has 1 aromatic heterocycles. The van der Waals surface area contributed by atoms with E-state index in [0.717, 1.165) is 25.4 Å². The molecule has 0 bridgehead atoms. The van der Waals surface area contributed by atoms with Gasteiger partial charge in [0.25, 0.3) is 0 Å². The molecule has 0 amide bonds. The lowest BCUT2D eigenvalue weighted by Gasteiger charge is -2.49. The van der Waals surface area contributed by atoms with Gasteiger partial charge in [0.05, 0.1) is 19.5 Å². The average Bonchev–Trinajstić information content (AvgIpc) is 2.90. The fourth-order valence-corrected chi connectivity index (χ4v) is 3.48. The zero-order chi connectivity index (χ0) is 13.5. The van der Waals surface area contributed by atoms with E-state index >= 15 is 0 Å². The highest BCUT2D eigenvalue weighted by Gasteiger charge is 2.47. The highest BCUT2D eigenvalue weighted by Crippen LogP contribution is 2.48. The Morgan fingerprint density at radius 1 is 1.21 bits per heavy atom. The highest BCUT2D eigenvalue weighted by atomic mass is 16.7. The summed E-state index contributed by atoms with van der Waals surface area (Å²) in [5, 5.41) is 0. The minimum absolute atomic E-state index is 0.114. The molecule has 3 rings (SSSR count). The lowest BCUT2D eigenvalue weighted by atomic mass is 9.63. The lowest BCUT2D eigenvalue weighted by molar-refractivity contribution is -0.260. The zero-order valence-corrected chi connectivity index (χ0v) is 11.9. The van der Waals surface area contributed by atoms with Crippen molar-refractivity contribution in [3.63, 3.8) is 0 Å². The summed E-state index contributed by atoms with van der Waals surface area (Å²) in [7, 11) is 0. The fraction of sp³-hybridized carbons (Fsp3) is 0.625. The van der Waals surface area contributed by atoms with Crippen molar-refractivity contribution in [2.24, 2.45) is 17.3 Å². The van der Waals surface area contributed by atoms with Gasteiger partial charge in [-0.2, -0.15) is 0 Å². The predicted molar refractivity (Wildman–Crippen MR) is 72.5 cm³/mol. The Hall–Kier alpha value is -1.06. The Morgan fingerprint density at radius 3 is 2.53 bits per heavy atom. The van der Waals surface area contributed by atoms with Gasteiger partial charge in [-0.3, -0.25) is 0 Å². The van der Waals surface area contributed by atoms with Crippen LogP contribution in [-0.4, -0.2) is 13.2 Å². The molecule has 1 aliphatic carbocycles. The van der Waals surface area contributed by atoms with Gasteiger partial charge >= 0.3 is 0 Å². The van der Waals surface area contributed by atoms with E-state index in [1.165, 1.54) is 5.57 Å². The molecule has 19 heavy (non-hydrogen) atoms. The number of ether oxygens (including phenoxy) is 2. The van der Waals surface area contributed by atoms with E-state index in [9.17, 15) is 0 Å². The smallest absolute Gasteiger partial charge is 0.217 e. The first-order valence-electron chi connectivity index (χ1n) is 7.06. The molecule has 2 atom stereocenters. The maximum Gasteiger partial charge on any atom is 0.217 e. The van der Waals surface area contributed by atoms with Crippen molar-refractivity contribution in [2.75, 3.05) is 13.2 Å². The lowest BCUT2D eigenvalue weighted by Crippen LogP contribution is -2.49. The van der Waals surface area contributed by atoms with Crippen LogP contribution in [0.15, 0.2) is 34.5 Å². The quantitative estimate of drug-likeness (QED) is 0.718. The molecule has 3 nitrogen and oxygen atoms in total. The van der Waals surface area contributed by atoms with E-state index in [0.29, 0.717) is 11.8 Å². The Morgan fingerprint density at radius 2 is 1.95 bits per heavy atom. The van der Waals surface area contributed by atoms with Crippen molar-refractivity contribution >= 4 is 0 Å². The van der Waals surface area contributed by atoms with Crippen LogP contribution in [0.3, 0.4) is 0 Å². The summed E-state index contributed by atoms with van der Waals surface area (Å²) in [4.78, 5) is 0. The van der Waals surface area contributed by atoms with Crippen molar-refractivity contribution in [2.45, 2.75) is 33.5 Å². The van der Waals surface area contributed by atoms with Crippen LogP contribution >= 0.6 is 0 Å². The second-order valence-electron chi connectivity index (χ2n) is 6.11. The molecule has 1 aliphatic heterocycles. The SMILES string of the molecule is CC1=C[C@@H](C)C2(COC(c3ccco3)OC2)[C@H](C)C1. The summed E-state index contributed by atoms with van der Waals surface area (Å²) in [6, 6.07) is 3.77. The number of hydrogen-bond acceptors (Lipinski definition) is 3. The summed E-state index contributed by atoms with van der Waals surface area (Å²) in [6.07, 6.45) is 4.83. The van der Waals surface area contributed by atoms with E-state index < -0.39 is 0 Å². The zero-order valence-electron chi connectivity index (χ0n) is 11.9. The van der Waals surface area contributed by atoms with Crippen molar-refractivity contribution < 1.29 is 13.9 Å². The molecule has 1 spiro atoms. The number of allylic oxidation sites excluding steroid dienone is 2. The van der Waals surface area contributed by atoms with Crippen molar-refractivity contribution in [3.8, 4) is 0 Å². The molecule has 104 valence electrons. The van der Waals surface area contributed by atoms with Gasteiger partial charge in [-0.05, 0) is 37.3 Å². The second kappa shape index (κ2) is 4.80. The van der Waals surface area contributed by atoms with Crippen LogP contribution in [0.5, 0.6) is 0 Å². The van der Waals surface area contributed by atoms with Crippen LogP contribution < -0.4 is 0 Å². The maximum atomic E-state index is 5.95. The summed E-state index contributed by atoms with van der Waals surface area (Å²) in [6.45, 7) is 8.29. The molecule has 2 heterocycles. The Bertz CT molecular complexity index is 452. The number of rotatable bonds is 1. The Balaban J connectivity index is 1.75. The van der Waals surface area contributed by atoms with Gasteiger partial charge in [0, 0.05) is 5.41 Å². The summed E-state index contributed by atoms with van der Waals surface area (Å²) in [5.74, 6) is 1.84. The monoisotopic (exact) mass is 262 g/mol. The molecule has 0 N–H and O–H groups in total. The molecule has 0 radical (unpaired) electrons. The first kappa shape index (κ1) is 12.9. The number of hydrogen-bond donors (Lipinski definition) is 0. The van der Waals surface area contributed by atoms with E-state index in [-0.39, 0.29) is 11.7 Å². The third-order valence-electron chi connectivity index (χ3n) is 4.83. The molecule has 1 saturated heterocycles. The van der Waals surface area contributed by atoms with Crippen molar-refractivity contribution in [1.29, 1.82) is 0 Å². The first-order valence-corrected chi connectivity index (χ1v) is 7.06. The molecule has 0 aromatic carbocycles. The van der Waals surface area contributed by atoms with Crippen molar-refractivity contribution in [3.05, 3.63) is 35.8 Å². The predicted octanol–water partition coefficient (Wildman–Crippen LogP) is 3.93. The van der Waals surface area contributed by atoms with Crippen LogP contribution in [0.4, 0.5) is 0 Å². The second-order valence-corrected chi connectivity index (χ2v) is 6.11. The summed E-state index contributed by atoms with van der Waals surface area (Å²) < 4.78 is 17.3. The van der Waals surface area contributed by atoms with Gasteiger partial charge < -0.3 is 13.9 Å². The molecule has 1 aromatic rings. The third kappa shape index (κ3) is 2.15. The molecular weight excluding hydrogens is 240 g/mol. The summed E-state index contributed by atoms with van der Waals surface area (Å²) in [5.41, 5.74) is 1.60. The molecule has 0 unspecified atom stereocenters. The fourth-order valence-electron chi connectivity index (χ4n) is 3.48. The Kier molecular flexibility index (Phi) is 3.27. The Labute approximate surface area is 114 Å². The van der Waals surface area contributed by atoms with Gasteiger partial charge in [-0.25, -0.2) is 0 Å². The molecule has 2 aliphatic rings. The van der Waals surface area contributed by atoms with E-state index in [2.05, 4.69) is 26.8 Å². The highest BCUT2D eigenvalue weighted by molar-refractivity contribution is 5.14. The van der Waals surface area contributed by atoms with Gasteiger partial charge in [-0.15, -0.1) is 0 Å². The van der Waals surface area contributed by atoms with Gasteiger partial charge in [0.2, 0.25) is 6.29 Å². The first-order chi connectivity index (χ1) is 9.12. The van der Waals surface area contributed by atoms with E-state index in [1.54, 1.807) is 6.26 Å². The molecule has 3 heteroatoms. The molecular formula is C16H22O3. The van der Waals surface area contributed by atoms with E-state index in [4.69, 9.17) is 13.9 Å². The maximum absolute atomic E-state index is 5.95. The normalized spacial score (nSPS) is 39.3. The van der Waals surface area contributed by atoms with Crippen LogP contribution in [0, 0.1) is 17.3 Å². The standard InChI is InChI=1S/C16H22O3/c1-11-7-12(2)16(13(3)8-11)9-18-15(19-10-16)14-5-4-6-17-14/h4-7,12-13,15H,8-10H2,1-3H3/t12-,13-,15?,16?/m1/s1. The van der Waals surface area contributed by atoms with Crippen LogP contribution in [0.25, 0.3) is 0 Å². The molecule has 1 fully saturated rings. The minimum atomic E-state index is -0.341. The third-order valence-corrected chi connectivity index (χ3v) is 4.83. The largest absolute Gasteiger partial charge is 0.464 e. The van der Waals surface area contributed by atoms with Crippen LogP contribution in [0.2, 0.25) is 0 Å². The van der Waals surface area contributed by atoms with Gasteiger partial charge in [-0.1, -0.05) is 25.5 Å². The number of furan rings is 1. The topological polar surface area (TPSA) is 31.6 Å². The average molecular weight is 262 g/mol. The van der Waals surface area contributed by atoms with Crippen LogP contribution in [-0.2, 0) is 9.47 Å². The van der Waals surface area contributed by atoms with Gasteiger partial charge in [0.15, 0.2) is 5.76 Å². The molecule has 0 saturated carbocycles. The minimum Gasteiger partial charge on any atom is -0.464 e. The van der Waals surface area contributed by atoms with Crippen LogP contribution in [0.1, 0.15) is 39.2 Å². The van der Waals surface area contributed by atoms with Gasteiger partial charge in [0.1, 0.15) is 0 Å².